The molecule has 38 heavy (non-hydrogen) atoms. The summed E-state index contributed by atoms with van der Waals surface area (Å²) in [6.45, 7) is 3.04. The van der Waals surface area contributed by atoms with Gasteiger partial charge in [-0.1, -0.05) is 24.3 Å². The Bertz CT molecular complexity index is 1830. The van der Waals surface area contributed by atoms with E-state index in [0.717, 1.165) is 45.3 Å². The van der Waals surface area contributed by atoms with E-state index >= 15 is 0 Å². The minimum atomic E-state index is -1.14. The third kappa shape index (κ3) is 3.61. The first-order valence-electron chi connectivity index (χ1n) is 12.4. The molecule has 0 aliphatic heterocycles. The van der Waals surface area contributed by atoms with Gasteiger partial charge in [0.15, 0.2) is 11.6 Å². The second-order valence-electron chi connectivity index (χ2n) is 9.44. The van der Waals surface area contributed by atoms with E-state index in [0.29, 0.717) is 0 Å². The third-order valence-corrected chi connectivity index (χ3v) is 7.28. The van der Waals surface area contributed by atoms with Gasteiger partial charge in [0.1, 0.15) is 0 Å². The Morgan fingerprint density at radius 1 is 0.842 bits per heavy atom. The van der Waals surface area contributed by atoms with Crippen LogP contribution in [0.1, 0.15) is 43.6 Å². The average molecular weight is 501 g/mol. The highest BCUT2D eigenvalue weighted by Gasteiger charge is 2.33. The Kier molecular flexibility index (Phi) is 5.46. The van der Waals surface area contributed by atoms with Gasteiger partial charge in [-0.25, -0.2) is 4.79 Å². The molecule has 0 fully saturated rings. The SMILES string of the molecule is CCN(C)c1ccc(-n2c3ccccc3c3cc(/C=C4/C(=O)c5ccc(C(=O)O)cc5C4=O)ccc32)cc1. The first-order chi connectivity index (χ1) is 18.4. The fourth-order valence-corrected chi connectivity index (χ4v) is 5.15. The predicted molar refractivity (Wildman–Crippen MR) is 150 cm³/mol. The number of aromatic nitrogens is 1. The summed E-state index contributed by atoms with van der Waals surface area (Å²) in [6, 6.07) is 26.6. The van der Waals surface area contributed by atoms with Gasteiger partial charge in [-0.05, 0) is 79.2 Å². The predicted octanol–water partition coefficient (Wildman–Crippen LogP) is 6.40. The van der Waals surface area contributed by atoms with Crippen molar-refractivity contribution >= 4 is 51.1 Å². The average Bonchev–Trinajstić information content (AvgIpc) is 3.39. The lowest BCUT2D eigenvalue weighted by Crippen LogP contribution is -2.15. The van der Waals surface area contributed by atoms with Crippen LogP contribution < -0.4 is 4.90 Å². The molecule has 1 heterocycles. The molecule has 0 radical (unpaired) electrons. The zero-order valence-corrected chi connectivity index (χ0v) is 20.9. The number of carboxylic acids is 1. The van der Waals surface area contributed by atoms with E-state index in [4.69, 9.17) is 0 Å². The fraction of sp³-hybridized carbons (Fsp3) is 0.0938. The summed E-state index contributed by atoms with van der Waals surface area (Å²) in [5.41, 5.74) is 5.39. The molecular weight excluding hydrogens is 476 g/mol. The zero-order chi connectivity index (χ0) is 26.6. The highest BCUT2D eigenvalue weighted by atomic mass is 16.4. The number of hydrogen-bond donors (Lipinski definition) is 1. The molecule has 6 rings (SSSR count). The van der Waals surface area contributed by atoms with Crippen molar-refractivity contribution in [1.82, 2.24) is 4.57 Å². The highest BCUT2D eigenvalue weighted by Crippen LogP contribution is 2.35. The van der Waals surface area contributed by atoms with E-state index in [-0.39, 0.29) is 28.0 Å². The van der Waals surface area contributed by atoms with Gasteiger partial charge in [-0.2, -0.15) is 0 Å². The Morgan fingerprint density at radius 3 is 2.29 bits per heavy atom. The first kappa shape index (κ1) is 23.4. The minimum Gasteiger partial charge on any atom is -0.478 e. The number of anilines is 1. The van der Waals surface area contributed by atoms with Gasteiger partial charge in [-0.15, -0.1) is 0 Å². The Morgan fingerprint density at radius 2 is 1.55 bits per heavy atom. The molecular formula is C32H24N2O4. The van der Waals surface area contributed by atoms with Crippen LogP contribution in [0.15, 0.2) is 90.5 Å². The number of carboxylic acid groups (broad SMARTS) is 1. The summed E-state index contributed by atoms with van der Waals surface area (Å²) in [4.78, 5) is 39.6. The van der Waals surface area contributed by atoms with E-state index in [2.05, 4.69) is 59.8 Å². The van der Waals surface area contributed by atoms with Crippen LogP contribution in [-0.4, -0.2) is 40.8 Å². The van der Waals surface area contributed by atoms with Crippen LogP contribution in [-0.2, 0) is 0 Å². The van der Waals surface area contributed by atoms with Crippen molar-refractivity contribution in [1.29, 1.82) is 0 Å². The number of hydrogen-bond acceptors (Lipinski definition) is 4. The van der Waals surface area contributed by atoms with Crippen molar-refractivity contribution in [2.24, 2.45) is 0 Å². The fourth-order valence-electron chi connectivity index (χ4n) is 5.15. The molecule has 0 saturated carbocycles. The van der Waals surface area contributed by atoms with E-state index in [1.54, 1.807) is 6.08 Å². The van der Waals surface area contributed by atoms with Crippen LogP contribution in [0.5, 0.6) is 0 Å². The molecule has 186 valence electrons. The lowest BCUT2D eigenvalue weighted by molar-refractivity contribution is 0.0696. The van der Waals surface area contributed by atoms with Gasteiger partial charge in [-0.3, -0.25) is 9.59 Å². The minimum absolute atomic E-state index is 0.0187. The van der Waals surface area contributed by atoms with Gasteiger partial charge in [0.25, 0.3) is 0 Å². The van der Waals surface area contributed by atoms with Gasteiger partial charge in [0.05, 0.1) is 22.2 Å². The molecule has 6 nitrogen and oxygen atoms in total. The molecule has 0 unspecified atom stereocenters. The Balaban J connectivity index is 1.46. The van der Waals surface area contributed by atoms with Crippen LogP contribution in [0, 0.1) is 0 Å². The molecule has 4 aromatic carbocycles. The molecule has 0 spiro atoms. The Hall–Kier alpha value is -4.97. The van der Waals surface area contributed by atoms with E-state index < -0.39 is 11.8 Å². The number of ketones is 2. The number of nitrogens with zero attached hydrogens (tertiary/aromatic N) is 2. The van der Waals surface area contributed by atoms with Gasteiger partial charge in [0, 0.05) is 46.9 Å². The highest BCUT2D eigenvalue weighted by molar-refractivity contribution is 6.41. The quantitative estimate of drug-likeness (QED) is 0.223. The monoisotopic (exact) mass is 500 g/mol. The number of carbonyl (C=O) groups is 3. The van der Waals surface area contributed by atoms with Gasteiger partial charge in [0.2, 0.25) is 0 Å². The van der Waals surface area contributed by atoms with Gasteiger partial charge >= 0.3 is 5.97 Å². The van der Waals surface area contributed by atoms with Crippen molar-refractivity contribution in [3.05, 3.63) is 113 Å². The van der Waals surface area contributed by atoms with Crippen molar-refractivity contribution in [3.8, 4) is 5.69 Å². The summed E-state index contributed by atoms with van der Waals surface area (Å²) in [5, 5.41) is 11.3. The molecule has 0 atom stereocenters. The topological polar surface area (TPSA) is 79.6 Å². The molecule has 6 heteroatoms. The van der Waals surface area contributed by atoms with Crippen LogP contribution in [0.4, 0.5) is 5.69 Å². The van der Waals surface area contributed by atoms with Crippen molar-refractivity contribution in [2.45, 2.75) is 6.92 Å². The molecule has 1 aliphatic carbocycles. The van der Waals surface area contributed by atoms with Crippen LogP contribution in [0.25, 0.3) is 33.6 Å². The van der Waals surface area contributed by atoms with Crippen molar-refractivity contribution in [2.75, 3.05) is 18.5 Å². The smallest absolute Gasteiger partial charge is 0.335 e. The number of carbonyl (C=O) groups excluding carboxylic acids is 2. The largest absolute Gasteiger partial charge is 0.478 e. The number of fused-ring (bicyclic) bond motifs is 4. The van der Waals surface area contributed by atoms with E-state index in [1.165, 1.54) is 18.2 Å². The van der Waals surface area contributed by atoms with E-state index in [1.807, 2.05) is 30.3 Å². The summed E-state index contributed by atoms with van der Waals surface area (Å²) in [6.07, 6.45) is 1.60. The maximum atomic E-state index is 13.1. The number of para-hydroxylation sites is 1. The molecule has 1 aromatic heterocycles. The molecule has 1 N–H and O–H groups in total. The maximum absolute atomic E-state index is 13.1. The molecule has 0 bridgehead atoms. The van der Waals surface area contributed by atoms with Crippen LogP contribution in [0.2, 0.25) is 0 Å². The standard InChI is InChI=1S/C32H24N2O4/c1-3-33(2)21-10-12-22(13-11-21)34-28-7-5-4-6-23(28)25-16-19(8-15-29(25)34)17-27-30(35)24-14-9-20(32(37)38)18-26(24)31(27)36/h4-18H,3H2,1-2H3,(H,37,38)/b27-17-. The van der Waals surface area contributed by atoms with Crippen molar-refractivity contribution in [3.63, 3.8) is 0 Å². The number of aromatic carboxylic acids is 1. The summed E-state index contributed by atoms with van der Waals surface area (Å²) < 4.78 is 2.21. The van der Waals surface area contributed by atoms with Crippen LogP contribution in [0.3, 0.4) is 0 Å². The lowest BCUT2D eigenvalue weighted by atomic mass is 10.0. The normalized spacial score (nSPS) is 14.0. The third-order valence-electron chi connectivity index (χ3n) is 7.28. The van der Waals surface area contributed by atoms with Crippen LogP contribution >= 0.6 is 0 Å². The Labute approximate surface area is 219 Å². The van der Waals surface area contributed by atoms with Gasteiger partial charge < -0.3 is 14.6 Å². The van der Waals surface area contributed by atoms with E-state index in [9.17, 15) is 19.5 Å². The maximum Gasteiger partial charge on any atom is 0.335 e. The second-order valence-corrected chi connectivity index (χ2v) is 9.44. The van der Waals surface area contributed by atoms with Crippen molar-refractivity contribution < 1.29 is 19.5 Å². The second kappa shape index (κ2) is 8.85. The number of rotatable bonds is 5. The summed E-state index contributed by atoms with van der Waals surface area (Å²) in [7, 11) is 2.06. The molecule has 5 aromatic rings. The number of benzene rings is 4. The molecule has 1 aliphatic rings. The summed E-state index contributed by atoms with van der Waals surface area (Å²) >= 11 is 0. The first-order valence-corrected chi connectivity index (χ1v) is 12.4. The molecule has 0 saturated heterocycles. The number of allylic oxidation sites excluding steroid dienone is 1. The molecule has 0 amide bonds. The number of Topliss-reactive ketones (excluding diaryl/α,β-unsaturated/α-hetero) is 2. The zero-order valence-electron chi connectivity index (χ0n) is 20.9. The lowest BCUT2D eigenvalue weighted by Gasteiger charge is -2.17. The summed E-state index contributed by atoms with van der Waals surface area (Å²) in [5.74, 6) is -1.98.